The zero-order valence-corrected chi connectivity index (χ0v) is 18.8. The van der Waals surface area contributed by atoms with Crippen LogP contribution in [-0.4, -0.2) is 99.0 Å². The molecule has 0 bridgehead atoms. The second-order valence-corrected chi connectivity index (χ2v) is 7.50. The van der Waals surface area contributed by atoms with E-state index in [9.17, 15) is 9.59 Å². The van der Waals surface area contributed by atoms with Crippen LogP contribution in [0.25, 0.3) is 11.3 Å². The molecule has 1 saturated heterocycles. The number of aromatic nitrogens is 2. The summed E-state index contributed by atoms with van der Waals surface area (Å²) < 4.78 is 15.6. The van der Waals surface area contributed by atoms with Crippen molar-refractivity contribution >= 4 is 11.8 Å². The van der Waals surface area contributed by atoms with Crippen LogP contribution in [0.3, 0.4) is 0 Å². The van der Waals surface area contributed by atoms with Gasteiger partial charge in [0.25, 0.3) is 5.91 Å². The number of hydrogen-bond acceptors (Lipinski definition) is 7. The molecule has 2 aromatic rings. The van der Waals surface area contributed by atoms with Crippen molar-refractivity contribution in [1.82, 2.24) is 25.3 Å². The van der Waals surface area contributed by atoms with Crippen molar-refractivity contribution in [1.29, 1.82) is 0 Å². The number of nitrogens with one attached hydrogen (secondary N) is 2. The van der Waals surface area contributed by atoms with Crippen molar-refractivity contribution in [3.05, 3.63) is 30.0 Å². The Kier molecular flexibility index (Phi) is 8.46. The molecule has 1 aromatic carbocycles. The van der Waals surface area contributed by atoms with Gasteiger partial charge in [0.05, 0.1) is 26.5 Å². The predicted octanol–water partition coefficient (Wildman–Crippen LogP) is 1.00. The zero-order chi connectivity index (χ0) is 22.9. The SMILES string of the molecule is COCCCNC(=O)CN1CCN(C(=O)c2cc(-c3ccc(OC)cc3OC)n[nH]2)CC1. The molecule has 1 fully saturated rings. The number of carbonyl (C=O) groups excluding carboxylic acids is 2. The first-order valence-corrected chi connectivity index (χ1v) is 10.6. The lowest BCUT2D eigenvalue weighted by atomic mass is 10.1. The van der Waals surface area contributed by atoms with Crippen LogP contribution in [0.15, 0.2) is 24.3 Å². The van der Waals surface area contributed by atoms with Gasteiger partial charge in [-0.05, 0) is 24.6 Å². The standard InChI is InChI=1S/C22H31N5O5/c1-30-12-4-7-23-21(28)15-26-8-10-27(11-9-26)22(29)19-14-18(24-25-19)17-6-5-16(31-2)13-20(17)32-3/h5-6,13-14H,4,7-12,15H2,1-3H3,(H,23,28)(H,24,25). The van der Waals surface area contributed by atoms with Crippen LogP contribution >= 0.6 is 0 Å². The van der Waals surface area contributed by atoms with E-state index in [1.165, 1.54) is 0 Å². The molecule has 0 radical (unpaired) electrons. The first-order valence-electron chi connectivity index (χ1n) is 10.6. The van der Waals surface area contributed by atoms with Crippen molar-refractivity contribution in [2.45, 2.75) is 6.42 Å². The summed E-state index contributed by atoms with van der Waals surface area (Å²) >= 11 is 0. The molecular formula is C22H31N5O5. The van der Waals surface area contributed by atoms with Crippen molar-refractivity contribution in [3.63, 3.8) is 0 Å². The molecule has 2 heterocycles. The van der Waals surface area contributed by atoms with Crippen LogP contribution in [0.1, 0.15) is 16.9 Å². The summed E-state index contributed by atoms with van der Waals surface area (Å²) in [5.74, 6) is 1.18. The molecule has 0 saturated carbocycles. The summed E-state index contributed by atoms with van der Waals surface area (Å²) in [6, 6.07) is 7.17. The highest BCUT2D eigenvalue weighted by Crippen LogP contribution is 2.32. The highest BCUT2D eigenvalue weighted by Gasteiger charge is 2.25. The highest BCUT2D eigenvalue weighted by atomic mass is 16.5. The molecule has 2 N–H and O–H groups in total. The third-order valence-electron chi connectivity index (χ3n) is 5.37. The molecule has 32 heavy (non-hydrogen) atoms. The minimum Gasteiger partial charge on any atom is -0.497 e. The Morgan fingerprint density at radius 2 is 1.88 bits per heavy atom. The summed E-state index contributed by atoms with van der Waals surface area (Å²) in [6.07, 6.45) is 0.791. The number of amides is 2. The van der Waals surface area contributed by atoms with E-state index in [1.54, 1.807) is 38.4 Å². The summed E-state index contributed by atoms with van der Waals surface area (Å²) in [4.78, 5) is 28.8. The highest BCUT2D eigenvalue weighted by molar-refractivity contribution is 5.93. The van der Waals surface area contributed by atoms with Gasteiger partial charge in [0.2, 0.25) is 5.91 Å². The van der Waals surface area contributed by atoms with Gasteiger partial charge in [0.1, 0.15) is 17.2 Å². The number of aromatic amines is 1. The lowest BCUT2D eigenvalue weighted by molar-refractivity contribution is -0.122. The number of nitrogens with zero attached hydrogens (tertiary/aromatic N) is 3. The number of H-pyrrole nitrogens is 1. The van der Waals surface area contributed by atoms with Gasteiger partial charge in [-0.3, -0.25) is 19.6 Å². The van der Waals surface area contributed by atoms with Crippen LogP contribution in [0.4, 0.5) is 0 Å². The lowest BCUT2D eigenvalue weighted by Crippen LogP contribution is -2.51. The Hall–Kier alpha value is -3.11. The van der Waals surface area contributed by atoms with Gasteiger partial charge in [0.15, 0.2) is 0 Å². The van der Waals surface area contributed by atoms with Gasteiger partial charge in [-0.25, -0.2) is 0 Å². The van der Waals surface area contributed by atoms with Crippen molar-refractivity contribution < 1.29 is 23.8 Å². The molecule has 1 aromatic heterocycles. The Balaban J connectivity index is 1.53. The third-order valence-corrected chi connectivity index (χ3v) is 5.37. The van der Waals surface area contributed by atoms with E-state index in [2.05, 4.69) is 20.4 Å². The maximum absolute atomic E-state index is 12.9. The molecule has 1 aliphatic heterocycles. The second-order valence-electron chi connectivity index (χ2n) is 7.50. The van der Waals surface area contributed by atoms with Gasteiger partial charge in [-0.2, -0.15) is 5.10 Å². The smallest absolute Gasteiger partial charge is 0.271 e. The lowest BCUT2D eigenvalue weighted by Gasteiger charge is -2.34. The fourth-order valence-electron chi connectivity index (χ4n) is 3.56. The summed E-state index contributed by atoms with van der Waals surface area (Å²) in [7, 11) is 4.81. The number of rotatable bonds is 10. The average Bonchev–Trinajstić information content (AvgIpc) is 3.31. The van der Waals surface area contributed by atoms with Gasteiger partial charge < -0.3 is 24.4 Å². The summed E-state index contributed by atoms with van der Waals surface area (Å²) in [6.45, 7) is 3.95. The van der Waals surface area contributed by atoms with Crippen LogP contribution < -0.4 is 14.8 Å². The van der Waals surface area contributed by atoms with Gasteiger partial charge >= 0.3 is 0 Å². The Morgan fingerprint density at radius 3 is 2.56 bits per heavy atom. The topological polar surface area (TPSA) is 109 Å². The van der Waals surface area contributed by atoms with E-state index in [-0.39, 0.29) is 11.8 Å². The van der Waals surface area contributed by atoms with Crippen LogP contribution in [0.2, 0.25) is 0 Å². The fourth-order valence-corrected chi connectivity index (χ4v) is 3.56. The van der Waals surface area contributed by atoms with Crippen LogP contribution in [0, 0.1) is 0 Å². The Morgan fingerprint density at radius 1 is 1.09 bits per heavy atom. The zero-order valence-electron chi connectivity index (χ0n) is 18.8. The Labute approximate surface area is 187 Å². The molecule has 0 unspecified atom stereocenters. The molecule has 2 amide bonds. The minimum absolute atomic E-state index is 0.00692. The molecule has 10 heteroatoms. The van der Waals surface area contributed by atoms with Crippen LogP contribution in [0.5, 0.6) is 11.5 Å². The van der Waals surface area contributed by atoms with E-state index >= 15 is 0 Å². The largest absolute Gasteiger partial charge is 0.497 e. The molecule has 3 rings (SSSR count). The maximum Gasteiger partial charge on any atom is 0.271 e. The molecular weight excluding hydrogens is 414 g/mol. The minimum atomic E-state index is -0.111. The molecule has 0 atom stereocenters. The molecule has 10 nitrogen and oxygen atoms in total. The number of ether oxygens (including phenoxy) is 3. The first-order chi connectivity index (χ1) is 15.5. The van der Waals surface area contributed by atoms with Crippen molar-refractivity contribution in [2.75, 3.05) is 67.2 Å². The average molecular weight is 446 g/mol. The van der Waals surface area contributed by atoms with E-state index in [1.807, 2.05) is 12.1 Å². The fraction of sp³-hybridized carbons (Fsp3) is 0.500. The van der Waals surface area contributed by atoms with Crippen molar-refractivity contribution in [2.24, 2.45) is 0 Å². The number of carbonyl (C=O) groups is 2. The molecule has 1 aliphatic rings. The number of methoxy groups -OCH3 is 3. The monoisotopic (exact) mass is 445 g/mol. The third kappa shape index (κ3) is 5.98. The van der Waals surface area contributed by atoms with Gasteiger partial charge in [-0.15, -0.1) is 0 Å². The normalized spacial score (nSPS) is 14.3. The summed E-state index contributed by atoms with van der Waals surface area (Å²) in [5, 5.41) is 10.0. The molecule has 0 aliphatic carbocycles. The van der Waals surface area contributed by atoms with E-state index < -0.39 is 0 Å². The van der Waals surface area contributed by atoms with Gasteiger partial charge in [-0.1, -0.05) is 0 Å². The first kappa shape index (κ1) is 23.6. The van der Waals surface area contributed by atoms with Gasteiger partial charge in [0, 0.05) is 58.1 Å². The Bertz CT molecular complexity index is 908. The molecule has 0 spiro atoms. The number of hydrogen-bond donors (Lipinski definition) is 2. The quantitative estimate of drug-likeness (QED) is 0.525. The van der Waals surface area contributed by atoms with E-state index in [0.29, 0.717) is 68.8 Å². The van der Waals surface area contributed by atoms with E-state index in [0.717, 1.165) is 12.0 Å². The second kappa shape index (κ2) is 11.5. The van der Waals surface area contributed by atoms with Crippen molar-refractivity contribution in [3.8, 4) is 22.8 Å². The van der Waals surface area contributed by atoms with E-state index in [4.69, 9.17) is 14.2 Å². The number of benzene rings is 1. The maximum atomic E-state index is 12.9. The summed E-state index contributed by atoms with van der Waals surface area (Å²) in [5.41, 5.74) is 1.81. The number of piperazine rings is 1. The van der Waals surface area contributed by atoms with Crippen LogP contribution in [-0.2, 0) is 9.53 Å². The predicted molar refractivity (Wildman–Crippen MR) is 119 cm³/mol. The molecule has 174 valence electrons.